The maximum Gasteiger partial charge on any atom is 0.266 e. The molecule has 2 amide bonds. The second-order valence-corrected chi connectivity index (χ2v) is 9.05. The minimum Gasteiger partial charge on any atom is -0.395 e. The van der Waals surface area contributed by atoms with Gasteiger partial charge in [-0.1, -0.05) is 84.1 Å². The van der Waals surface area contributed by atoms with Crippen molar-refractivity contribution in [3.05, 3.63) is 76.2 Å². The van der Waals surface area contributed by atoms with Crippen LogP contribution in [0.15, 0.2) is 59.5 Å². The molecule has 1 aliphatic heterocycles. The highest BCUT2D eigenvalue weighted by Crippen LogP contribution is 2.32. The minimum absolute atomic E-state index is 0.0430. The highest BCUT2D eigenvalue weighted by atomic mass is 32.2. The van der Waals surface area contributed by atoms with Gasteiger partial charge >= 0.3 is 0 Å². The molecule has 1 aliphatic rings. The first-order valence-electron chi connectivity index (χ1n) is 10.2. The molecule has 1 saturated heterocycles. The average Bonchev–Trinajstić information content (AvgIpc) is 3.03. The van der Waals surface area contributed by atoms with Gasteiger partial charge in [-0.15, -0.1) is 0 Å². The number of carbonyl (C=O) groups is 2. The van der Waals surface area contributed by atoms with Crippen LogP contribution in [0.3, 0.4) is 0 Å². The van der Waals surface area contributed by atoms with Crippen LogP contribution in [-0.2, 0) is 16.1 Å². The van der Waals surface area contributed by atoms with Crippen LogP contribution in [-0.4, -0.2) is 50.7 Å². The molecule has 162 valence electrons. The summed E-state index contributed by atoms with van der Waals surface area (Å²) in [7, 11) is 0. The number of benzene rings is 2. The first-order valence-corrected chi connectivity index (χ1v) is 11.4. The van der Waals surface area contributed by atoms with Crippen LogP contribution in [0.25, 0.3) is 6.08 Å². The molecule has 5 nitrogen and oxygen atoms in total. The molecule has 0 saturated carbocycles. The number of hydrogen-bond acceptors (Lipinski definition) is 5. The smallest absolute Gasteiger partial charge is 0.266 e. The van der Waals surface area contributed by atoms with Crippen LogP contribution >= 0.6 is 24.0 Å². The van der Waals surface area contributed by atoms with E-state index in [1.165, 1.54) is 11.8 Å². The van der Waals surface area contributed by atoms with E-state index in [4.69, 9.17) is 12.2 Å². The summed E-state index contributed by atoms with van der Waals surface area (Å²) >= 11 is 6.69. The monoisotopic (exact) mass is 454 g/mol. The standard InChI is InChI=1S/C24H26N2O3S2/c1-18-9-11-19(12-10-18)16-21-23(29)26(24(30)31-21)13-5-8-22(28)25(14-15-27)17-20-6-3-2-4-7-20/h2-4,6-7,9-12,16,27H,5,8,13-15,17H2,1H3/b21-16-. The number of amides is 2. The summed E-state index contributed by atoms with van der Waals surface area (Å²) in [6, 6.07) is 17.7. The summed E-state index contributed by atoms with van der Waals surface area (Å²) in [6.45, 7) is 3.08. The van der Waals surface area contributed by atoms with E-state index < -0.39 is 0 Å². The number of aryl methyl sites for hydroxylation is 1. The zero-order valence-electron chi connectivity index (χ0n) is 17.5. The van der Waals surface area contributed by atoms with Gasteiger partial charge in [0, 0.05) is 26.1 Å². The van der Waals surface area contributed by atoms with E-state index in [2.05, 4.69) is 0 Å². The van der Waals surface area contributed by atoms with E-state index >= 15 is 0 Å². The molecule has 1 N–H and O–H groups in total. The van der Waals surface area contributed by atoms with Crippen LogP contribution in [0.1, 0.15) is 29.5 Å². The summed E-state index contributed by atoms with van der Waals surface area (Å²) in [4.78, 5) is 29.3. The molecule has 31 heavy (non-hydrogen) atoms. The maximum absolute atomic E-state index is 12.8. The van der Waals surface area contributed by atoms with Crippen molar-refractivity contribution in [3.63, 3.8) is 0 Å². The molecular formula is C24H26N2O3S2. The van der Waals surface area contributed by atoms with Crippen molar-refractivity contribution in [2.75, 3.05) is 19.7 Å². The summed E-state index contributed by atoms with van der Waals surface area (Å²) in [6.07, 6.45) is 2.66. The summed E-state index contributed by atoms with van der Waals surface area (Å²) in [5, 5.41) is 9.32. The van der Waals surface area contributed by atoms with E-state index in [1.807, 2.05) is 67.6 Å². The van der Waals surface area contributed by atoms with Gasteiger partial charge in [-0.25, -0.2) is 0 Å². The van der Waals surface area contributed by atoms with Crippen LogP contribution in [0.2, 0.25) is 0 Å². The predicted octanol–water partition coefficient (Wildman–Crippen LogP) is 4.00. The van der Waals surface area contributed by atoms with Crippen molar-refractivity contribution < 1.29 is 14.7 Å². The number of thioether (sulfide) groups is 1. The van der Waals surface area contributed by atoms with Gasteiger partial charge in [0.25, 0.3) is 5.91 Å². The van der Waals surface area contributed by atoms with E-state index in [1.54, 1.807) is 9.80 Å². The Morgan fingerprint density at radius 1 is 1.16 bits per heavy atom. The lowest BCUT2D eigenvalue weighted by Crippen LogP contribution is -2.34. The van der Waals surface area contributed by atoms with Gasteiger partial charge in [-0.2, -0.15) is 0 Å². The molecule has 0 bridgehead atoms. The quantitative estimate of drug-likeness (QED) is 0.458. The van der Waals surface area contributed by atoms with Crippen molar-refractivity contribution in [3.8, 4) is 0 Å². The normalized spacial score (nSPS) is 15.0. The Bertz CT molecular complexity index is 959. The highest BCUT2D eigenvalue weighted by molar-refractivity contribution is 8.26. The molecule has 0 unspecified atom stereocenters. The highest BCUT2D eigenvalue weighted by Gasteiger charge is 2.31. The molecule has 0 aromatic heterocycles. The van der Waals surface area contributed by atoms with Crippen LogP contribution < -0.4 is 0 Å². The van der Waals surface area contributed by atoms with Crippen LogP contribution in [0, 0.1) is 6.92 Å². The van der Waals surface area contributed by atoms with Crippen molar-refractivity contribution in [2.45, 2.75) is 26.3 Å². The van der Waals surface area contributed by atoms with Gasteiger partial charge in [-0.3, -0.25) is 14.5 Å². The molecule has 0 aliphatic carbocycles. The number of aliphatic hydroxyl groups is 1. The van der Waals surface area contributed by atoms with Gasteiger partial charge < -0.3 is 10.0 Å². The minimum atomic E-state index is -0.112. The Morgan fingerprint density at radius 2 is 1.87 bits per heavy atom. The first kappa shape index (κ1) is 23.2. The van der Waals surface area contributed by atoms with Crippen molar-refractivity contribution in [1.29, 1.82) is 0 Å². The second-order valence-electron chi connectivity index (χ2n) is 7.37. The summed E-state index contributed by atoms with van der Waals surface area (Å²) < 4.78 is 0.521. The molecule has 1 heterocycles. The van der Waals surface area contributed by atoms with Crippen LogP contribution in [0.5, 0.6) is 0 Å². The van der Waals surface area contributed by atoms with Gasteiger partial charge in [0.05, 0.1) is 11.5 Å². The number of aliphatic hydroxyl groups excluding tert-OH is 1. The molecule has 2 aromatic rings. The second kappa shape index (κ2) is 11.2. The van der Waals surface area contributed by atoms with Gasteiger partial charge in [-0.05, 0) is 30.5 Å². The van der Waals surface area contributed by atoms with E-state index in [0.29, 0.717) is 35.2 Å². The Morgan fingerprint density at radius 3 is 2.55 bits per heavy atom. The molecule has 0 spiro atoms. The maximum atomic E-state index is 12.8. The predicted molar refractivity (Wildman–Crippen MR) is 129 cm³/mol. The number of rotatable bonds is 9. The molecule has 7 heteroatoms. The molecule has 1 fully saturated rings. The largest absolute Gasteiger partial charge is 0.395 e. The Hall–Kier alpha value is -2.48. The zero-order chi connectivity index (χ0) is 22.2. The molecular weight excluding hydrogens is 428 g/mol. The average molecular weight is 455 g/mol. The third-order valence-electron chi connectivity index (χ3n) is 4.96. The lowest BCUT2D eigenvalue weighted by atomic mass is 10.1. The lowest BCUT2D eigenvalue weighted by Gasteiger charge is -2.22. The topological polar surface area (TPSA) is 60.9 Å². The fourth-order valence-electron chi connectivity index (χ4n) is 3.27. The van der Waals surface area contributed by atoms with Crippen LogP contribution in [0.4, 0.5) is 0 Å². The van der Waals surface area contributed by atoms with E-state index in [9.17, 15) is 14.7 Å². The summed E-state index contributed by atoms with van der Waals surface area (Å²) in [5.74, 6) is -0.155. The van der Waals surface area contributed by atoms with Gasteiger partial charge in [0.15, 0.2) is 0 Å². The molecule has 0 radical (unpaired) electrons. The molecule has 2 aromatic carbocycles. The fourth-order valence-corrected chi connectivity index (χ4v) is 4.58. The summed E-state index contributed by atoms with van der Waals surface area (Å²) in [5.41, 5.74) is 3.14. The number of nitrogens with zero attached hydrogens (tertiary/aromatic N) is 2. The van der Waals surface area contributed by atoms with Gasteiger partial charge in [0.2, 0.25) is 5.91 Å². The van der Waals surface area contributed by atoms with E-state index in [0.717, 1.165) is 16.7 Å². The number of hydrogen-bond donors (Lipinski definition) is 1. The Labute approximate surface area is 192 Å². The Balaban J connectivity index is 1.55. The SMILES string of the molecule is Cc1ccc(/C=C2\SC(=S)N(CCCC(=O)N(CCO)Cc3ccccc3)C2=O)cc1. The first-order chi connectivity index (χ1) is 15.0. The third kappa shape index (κ3) is 6.50. The molecule has 3 rings (SSSR count). The number of thiocarbonyl (C=S) groups is 1. The zero-order valence-corrected chi connectivity index (χ0v) is 19.1. The van der Waals surface area contributed by atoms with Crippen molar-refractivity contribution in [1.82, 2.24) is 9.80 Å². The third-order valence-corrected chi connectivity index (χ3v) is 6.34. The lowest BCUT2D eigenvalue weighted by molar-refractivity contribution is -0.132. The van der Waals surface area contributed by atoms with Crippen molar-refractivity contribution in [2.24, 2.45) is 0 Å². The number of carbonyl (C=O) groups excluding carboxylic acids is 2. The van der Waals surface area contributed by atoms with Crippen molar-refractivity contribution >= 4 is 46.2 Å². The fraction of sp³-hybridized carbons (Fsp3) is 0.292. The van der Waals surface area contributed by atoms with Gasteiger partial charge in [0.1, 0.15) is 4.32 Å². The van der Waals surface area contributed by atoms with E-state index in [-0.39, 0.29) is 25.0 Å². The Kier molecular flexibility index (Phi) is 8.40. The molecule has 0 atom stereocenters.